The van der Waals surface area contributed by atoms with Crippen LogP contribution in [0, 0.1) is 0 Å². The van der Waals surface area contributed by atoms with Crippen LogP contribution < -0.4 is 10.6 Å². The van der Waals surface area contributed by atoms with Crippen LogP contribution in [0.5, 0.6) is 5.75 Å². The molecule has 0 saturated carbocycles. The largest absolute Gasteiger partial charge is 0.508 e. The van der Waals surface area contributed by atoms with E-state index in [0.717, 1.165) is 12.3 Å². The van der Waals surface area contributed by atoms with Gasteiger partial charge in [-0.25, -0.2) is 9.97 Å². The van der Waals surface area contributed by atoms with E-state index in [2.05, 4.69) is 20.6 Å². The van der Waals surface area contributed by atoms with Crippen molar-refractivity contribution in [3.05, 3.63) is 47.8 Å². The number of benzene rings is 1. The van der Waals surface area contributed by atoms with Crippen LogP contribution in [-0.2, 0) is 17.4 Å². The number of carbonyl (C=O) groups is 1. The molecular weight excluding hydrogens is 325 g/mol. The highest BCUT2D eigenvalue weighted by Crippen LogP contribution is 2.27. The van der Waals surface area contributed by atoms with Crippen LogP contribution in [0.1, 0.15) is 11.3 Å². The molecule has 0 aliphatic carbocycles. The number of rotatable bonds is 6. The second-order valence-electron chi connectivity index (χ2n) is 4.89. The highest BCUT2D eigenvalue weighted by molar-refractivity contribution is 5.78. The first-order valence-corrected chi connectivity index (χ1v) is 7.03. The zero-order chi connectivity index (χ0) is 17.6. The Bertz CT molecular complexity index is 707. The Labute approximate surface area is 135 Å². The maximum Gasteiger partial charge on any atom is 0.433 e. The third-order valence-electron chi connectivity index (χ3n) is 2.95. The number of hydrogen-bond donors (Lipinski definition) is 3. The van der Waals surface area contributed by atoms with Crippen molar-refractivity contribution in [2.24, 2.45) is 0 Å². The Morgan fingerprint density at radius 1 is 1.21 bits per heavy atom. The zero-order valence-electron chi connectivity index (χ0n) is 12.5. The molecule has 0 saturated heterocycles. The van der Waals surface area contributed by atoms with Crippen molar-refractivity contribution in [3.8, 4) is 5.75 Å². The monoisotopic (exact) mass is 340 g/mol. The standard InChI is InChI=1S/C15H15F3N4O2/c16-15(17,18)12-4-5-20-14(22-12)21-7-6-19-13(24)9-10-2-1-3-11(23)8-10/h1-5,8,23H,6-7,9H2,(H,19,24)(H,20,21,22). The Hall–Kier alpha value is -2.84. The number of nitrogens with one attached hydrogen (secondary N) is 2. The zero-order valence-corrected chi connectivity index (χ0v) is 12.5. The van der Waals surface area contributed by atoms with Crippen molar-refractivity contribution in [2.75, 3.05) is 18.4 Å². The molecule has 0 aliphatic rings. The van der Waals surface area contributed by atoms with E-state index in [-0.39, 0.29) is 37.1 Å². The van der Waals surface area contributed by atoms with Gasteiger partial charge in [-0.2, -0.15) is 13.2 Å². The van der Waals surface area contributed by atoms with E-state index in [0.29, 0.717) is 5.56 Å². The van der Waals surface area contributed by atoms with E-state index in [1.54, 1.807) is 12.1 Å². The first-order valence-electron chi connectivity index (χ1n) is 7.03. The third-order valence-corrected chi connectivity index (χ3v) is 2.95. The van der Waals surface area contributed by atoms with Crippen LogP contribution in [0.2, 0.25) is 0 Å². The van der Waals surface area contributed by atoms with Gasteiger partial charge in [-0.05, 0) is 23.8 Å². The number of carbonyl (C=O) groups excluding carboxylic acids is 1. The molecule has 1 aromatic heterocycles. The first kappa shape index (κ1) is 17.5. The molecule has 6 nitrogen and oxygen atoms in total. The predicted octanol–water partition coefficient (Wildman–Crippen LogP) is 1.97. The quantitative estimate of drug-likeness (QED) is 0.700. The lowest BCUT2D eigenvalue weighted by Crippen LogP contribution is -2.30. The SMILES string of the molecule is O=C(Cc1cccc(O)c1)NCCNc1nccc(C(F)(F)F)n1. The number of aromatic hydroxyl groups is 1. The van der Waals surface area contributed by atoms with Gasteiger partial charge in [0.25, 0.3) is 0 Å². The summed E-state index contributed by atoms with van der Waals surface area (Å²) in [5, 5.41) is 14.5. The highest BCUT2D eigenvalue weighted by Gasteiger charge is 2.32. The van der Waals surface area contributed by atoms with Gasteiger partial charge in [-0.3, -0.25) is 4.79 Å². The van der Waals surface area contributed by atoms with Gasteiger partial charge >= 0.3 is 6.18 Å². The van der Waals surface area contributed by atoms with E-state index in [4.69, 9.17) is 0 Å². The summed E-state index contributed by atoms with van der Waals surface area (Å²) in [5.74, 6) is -0.358. The van der Waals surface area contributed by atoms with Gasteiger partial charge in [0, 0.05) is 19.3 Å². The molecule has 1 aromatic carbocycles. The van der Waals surface area contributed by atoms with Crippen LogP contribution in [0.15, 0.2) is 36.5 Å². The van der Waals surface area contributed by atoms with Crippen LogP contribution in [0.4, 0.5) is 19.1 Å². The minimum Gasteiger partial charge on any atom is -0.508 e. The Morgan fingerprint density at radius 3 is 2.71 bits per heavy atom. The van der Waals surface area contributed by atoms with Gasteiger partial charge in [-0.1, -0.05) is 12.1 Å². The summed E-state index contributed by atoms with van der Waals surface area (Å²) in [6.45, 7) is 0.365. The maximum absolute atomic E-state index is 12.5. The minimum atomic E-state index is -4.53. The molecule has 1 heterocycles. The molecule has 128 valence electrons. The fourth-order valence-electron chi connectivity index (χ4n) is 1.89. The molecule has 9 heteroatoms. The molecule has 0 unspecified atom stereocenters. The van der Waals surface area contributed by atoms with E-state index in [9.17, 15) is 23.1 Å². The summed E-state index contributed by atoms with van der Waals surface area (Å²) in [6.07, 6.45) is -3.43. The Kier molecular flexibility index (Phi) is 5.56. The van der Waals surface area contributed by atoms with E-state index in [1.165, 1.54) is 12.1 Å². The lowest BCUT2D eigenvalue weighted by Gasteiger charge is -2.09. The van der Waals surface area contributed by atoms with Gasteiger partial charge in [0.1, 0.15) is 11.4 Å². The number of phenolic OH excluding ortho intramolecular Hbond substituents is 1. The highest BCUT2D eigenvalue weighted by atomic mass is 19.4. The average Bonchev–Trinajstić information content (AvgIpc) is 2.51. The third kappa shape index (κ3) is 5.41. The molecule has 3 N–H and O–H groups in total. The fourth-order valence-corrected chi connectivity index (χ4v) is 1.89. The molecule has 0 atom stereocenters. The molecule has 2 aromatic rings. The number of halogens is 3. The second-order valence-corrected chi connectivity index (χ2v) is 4.89. The van der Waals surface area contributed by atoms with E-state index >= 15 is 0 Å². The summed E-state index contributed by atoms with van der Waals surface area (Å²) in [5.41, 5.74) is -0.380. The number of aromatic nitrogens is 2. The second kappa shape index (κ2) is 7.62. The summed E-state index contributed by atoms with van der Waals surface area (Å²) in [6, 6.07) is 7.09. The molecule has 0 aliphatic heterocycles. The average molecular weight is 340 g/mol. The lowest BCUT2D eigenvalue weighted by atomic mass is 10.1. The molecule has 2 rings (SSSR count). The van der Waals surface area contributed by atoms with E-state index in [1.807, 2.05) is 0 Å². The summed E-state index contributed by atoms with van der Waals surface area (Å²) >= 11 is 0. The molecule has 0 bridgehead atoms. The van der Waals surface area contributed by atoms with Crippen LogP contribution >= 0.6 is 0 Å². The number of alkyl halides is 3. The summed E-state index contributed by atoms with van der Waals surface area (Å²) < 4.78 is 37.5. The van der Waals surface area contributed by atoms with Gasteiger partial charge in [0.2, 0.25) is 11.9 Å². The van der Waals surface area contributed by atoms with Crippen molar-refractivity contribution in [1.29, 1.82) is 0 Å². The fraction of sp³-hybridized carbons (Fsp3) is 0.267. The molecule has 0 fully saturated rings. The number of phenols is 1. The predicted molar refractivity (Wildman–Crippen MR) is 80.3 cm³/mol. The Balaban J connectivity index is 1.76. The topological polar surface area (TPSA) is 87.1 Å². The van der Waals surface area contributed by atoms with Crippen molar-refractivity contribution < 1.29 is 23.1 Å². The van der Waals surface area contributed by atoms with Crippen LogP contribution in [0.25, 0.3) is 0 Å². The normalized spacial score (nSPS) is 11.1. The van der Waals surface area contributed by atoms with Crippen molar-refractivity contribution in [2.45, 2.75) is 12.6 Å². The van der Waals surface area contributed by atoms with Gasteiger partial charge in [0.05, 0.1) is 6.42 Å². The number of hydrogen-bond acceptors (Lipinski definition) is 5. The number of nitrogens with zero attached hydrogens (tertiary/aromatic N) is 2. The van der Waals surface area contributed by atoms with Crippen molar-refractivity contribution >= 4 is 11.9 Å². The van der Waals surface area contributed by atoms with Crippen molar-refractivity contribution in [3.63, 3.8) is 0 Å². The number of amides is 1. The molecule has 1 amide bonds. The van der Waals surface area contributed by atoms with Gasteiger partial charge in [0.15, 0.2) is 0 Å². The van der Waals surface area contributed by atoms with E-state index < -0.39 is 11.9 Å². The first-order chi connectivity index (χ1) is 11.3. The smallest absolute Gasteiger partial charge is 0.433 e. The lowest BCUT2D eigenvalue weighted by molar-refractivity contribution is -0.141. The Morgan fingerprint density at radius 2 is 2.00 bits per heavy atom. The number of anilines is 1. The van der Waals surface area contributed by atoms with Crippen LogP contribution in [-0.4, -0.2) is 34.1 Å². The molecule has 24 heavy (non-hydrogen) atoms. The van der Waals surface area contributed by atoms with Gasteiger partial charge < -0.3 is 15.7 Å². The minimum absolute atomic E-state index is 0.0728. The molecule has 0 radical (unpaired) electrons. The molecular formula is C15H15F3N4O2. The van der Waals surface area contributed by atoms with Crippen LogP contribution in [0.3, 0.4) is 0 Å². The van der Waals surface area contributed by atoms with Crippen molar-refractivity contribution in [1.82, 2.24) is 15.3 Å². The molecule has 0 spiro atoms. The summed E-state index contributed by atoms with van der Waals surface area (Å²) in [7, 11) is 0. The maximum atomic E-state index is 12.5. The summed E-state index contributed by atoms with van der Waals surface area (Å²) in [4.78, 5) is 18.8. The van der Waals surface area contributed by atoms with Gasteiger partial charge in [-0.15, -0.1) is 0 Å².